The molecule has 0 fully saturated rings. The van der Waals surface area contributed by atoms with Gasteiger partial charge in [0.15, 0.2) is 11.6 Å². The van der Waals surface area contributed by atoms with E-state index in [2.05, 4.69) is 191 Å². The van der Waals surface area contributed by atoms with Crippen molar-refractivity contribution in [1.82, 2.24) is 24.9 Å². The molecule has 2 heterocycles. The first-order valence-electron chi connectivity index (χ1n) is 37.0. The Morgan fingerprint density at radius 1 is 0.339 bits per heavy atom. The Hall–Kier alpha value is -11.2. The summed E-state index contributed by atoms with van der Waals surface area (Å²) in [6.45, 7) is 43.1. The largest absolute Gasteiger partial charge is 0.573 e. The lowest BCUT2D eigenvalue weighted by molar-refractivity contribution is -0.275. The van der Waals surface area contributed by atoms with Crippen molar-refractivity contribution >= 4 is 0 Å². The van der Waals surface area contributed by atoms with E-state index in [0.717, 1.165) is 62.0 Å². The van der Waals surface area contributed by atoms with Crippen molar-refractivity contribution in [3.8, 4) is 69.7 Å². The molecule has 11 nitrogen and oxygen atoms in total. The summed E-state index contributed by atoms with van der Waals surface area (Å²) < 4.78 is 117. The second-order valence-corrected chi connectivity index (χ2v) is 29.4. The summed E-state index contributed by atoms with van der Waals surface area (Å²) in [5.41, 5.74) is 16.5. The van der Waals surface area contributed by atoms with Crippen molar-refractivity contribution in [3.63, 3.8) is 0 Å². The van der Waals surface area contributed by atoms with Crippen LogP contribution < -0.4 is 9.47 Å². The lowest BCUT2D eigenvalue weighted by atomic mass is 9.82. The highest BCUT2D eigenvalue weighted by Gasteiger charge is 2.34. The lowest BCUT2D eigenvalue weighted by Gasteiger charge is -2.22. The van der Waals surface area contributed by atoms with E-state index in [1.165, 1.54) is 81.4 Å². The van der Waals surface area contributed by atoms with E-state index in [1.807, 2.05) is 108 Å². The number of nitriles is 4. The summed E-state index contributed by atoms with van der Waals surface area (Å²) in [5, 5.41) is 34.9. The first-order chi connectivity index (χ1) is 52.4. The van der Waals surface area contributed by atoms with Crippen LogP contribution in [0.1, 0.15) is 273 Å². The van der Waals surface area contributed by atoms with Gasteiger partial charge < -0.3 is 9.47 Å². The van der Waals surface area contributed by atoms with Crippen LogP contribution in [-0.4, -0.2) is 37.6 Å². The van der Waals surface area contributed by atoms with Gasteiger partial charge in [-0.15, -0.1) is 26.3 Å². The minimum Gasteiger partial charge on any atom is -0.404 e. The molecule has 0 amide bonds. The van der Waals surface area contributed by atoms with Gasteiger partial charge in [-0.3, -0.25) is 0 Å². The monoisotopic (exact) mass is 1540 g/mol. The third kappa shape index (κ3) is 30.2. The number of hydrogen-bond acceptors (Lipinski definition) is 11. The minimum absolute atomic E-state index is 0.0725. The summed E-state index contributed by atoms with van der Waals surface area (Å²) in [5.74, 6) is 4.80. The van der Waals surface area contributed by atoms with E-state index in [1.54, 1.807) is 44.4 Å². The van der Waals surface area contributed by atoms with Crippen LogP contribution in [0.15, 0.2) is 182 Å². The molecule has 0 spiro atoms. The molecule has 0 saturated carbocycles. The summed E-state index contributed by atoms with van der Waals surface area (Å²) in [4.78, 5) is 21.5. The second-order valence-electron chi connectivity index (χ2n) is 29.4. The number of halogens is 9. The smallest absolute Gasteiger partial charge is 0.404 e. The Bertz CT molecular complexity index is 4680. The van der Waals surface area contributed by atoms with Crippen molar-refractivity contribution in [2.24, 2.45) is 0 Å². The van der Waals surface area contributed by atoms with Gasteiger partial charge >= 0.3 is 18.9 Å². The third-order valence-corrected chi connectivity index (χ3v) is 17.3. The van der Waals surface area contributed by atoms with E-state index in [-0.39, 0.29) is 40.6 Å². The average molecular weight is 1540 g/mol. The zero-order valence-electron chi connectivity index (χ0n) is 67.8. The molecular formula is C92H102F9N9O2. The summed E-state index contributed by atoms with van der Waals surface area (Å²) in [6, 6.07) is 59.8. The number of aryl methyl sites for hydroxylation is 3. The fourth-order valence-electron chi connectivity index (χ4n) is 11.6. The quantitative estimate of drug-likeness (QED) is 0.0946. The van der Waals surface area contributed by atoms with E-state index in [4.69, 9.17) is 21.0 Å². The highest BCUT2D eigenvalue weighted by atomic mass is 19.4. The van der Waals surface area contributed by atoms with Crippen LogP contribution in [0.3, 0.4) is 0 Å². The van der Waals surface area contributed by atoms with Gasteiger partial charge in [0.2, 0.25) is 5.82 Å². The number of aromatic nitrogens is 5. The number of ether oxygens (including phenoxy) is 2. The Morgan fingerprint density at radius 2 is 0.759 bits per heavy atom. The maximum Gasteiger partial charge on any atom is 0.573 e. The van der Waals surface area contributed by atoms with Gasteiger partial charge in [-0.1, -0.05) is 252 Å². The number of rotatable bonds is 14. The molecule has 0 radical (unpaired) electrons. The average Bonchev–Trinajstić information content (AvgIpc) is 0.791. The predicted molar refractivity (Wildman–Crippen MR) is 429 cm³/mol. The predicted octanol–water partition coefficient (Wildman–Crippen LogP) is 27.1. The summed E-state index contributed by atoms with van der Waals surface area (Å²) >= 11 is 0. The van der Waals surface area contributed by atoms with Gasteiger partial charge in [-0.2, -0.15) is 34.2 Å². The third-order valence-electron chi connectivity index (χ3n) is 17.3. The van der Waals surface area contributed by atoms with Gasteiger partial charge in [0, 0.05) is 29.4 Å². The van der Waals surface area contributed by atoms with Crippen molar-refractivity contribution in [3.05, 3.63) is 277 Å². The van der Waals surface area contributed by atoms with E-state index in [0.29, 0.717) is 35.2 Å². The SMILES string of the molecule is CC(C)c1cc(C#N)cc(C(C)C)c1C(C)C.CC(C)c1ccc(C#N)c(OC(F)(F)F)c1.CC(C)c1ccc(OC(F)(F)F)c(C#N)c1.CC(C)c1cnc(C#N)nc1.CC(C)c1nc(-c2ccccc2)nc(-c2ccccc2)n1.Cc1cc(-c2ccccc2)cc(C(C)C)c1.Cc1cc(C(F)(F)F)cc(C)c1C(C)C. The Balaban J connectivity index is 0.000000277. The van der Waals surface area contributed by atoms with Gasteiger partial charge in [0.1, 0.15) is 35.5 Å². The van der Waals surface area contributed by atoms with Crippen molar-refractivity contribution in [2.75, 3.05) is 0 Å². The molecule has 0 atom stereocenters. The van der Waals surface area contributed by atoms with Crippen LogP contribution in [0, 0.1) is 66.1 Å². The highest BCUT2D eigenvalue weighted by molar-refractivity contribution is 5.65. The maximum atomic E-state index is 12.5. The van der Waals surface area contributed by atoms with Crippen LogP contribution in [0.4, 0.5) is 39.5 Å². The molecule has 0 aliphatic rings. The van der Waals surface area contributed by atoms with Crippen LogP contribution in [0.2, 0.25) is 0 Å². The Morgan fingerprint density at radius 3 is 1.13 bits per heavy atom. The molecular weight excluding hydrogens is 1430 g/mol. The van der Waals surface area contributed by atoms with Crippen LogP contribution in [-0.2, 0) is 6.18 Å². The maximum absolute atomic E-state index is 12.5. The van der Waals surface area contributed by atoms with E-state index < -0.39 is 36.0 Å². The fraction of sp³-hybridized carbons (Fsp3) is 0.359. The zero-order valence-corrected chi connectivity index (χ0v) is 67.8. The Kier molecular flexibility index (Phi) is 36.1. The van der Waals surface area contributed by atoms with Gasteiger partial charge in [0.25, 0.3) is 0 Å². The summed E-state index contributed by atoms with van der Waals surface area (Å²) in [6.07, 6.45) is -10.4. The lowest BCUT2D eigenvalue weighted by Crippen LogP contribution is -2.18. The molecule has 0 saturated heterocycles. The normalized spacial score (nSPS) is 11.1. The van der Waals surface area contributed by atoms with Crippen molar-refractivity contribution in [2.45, 2.75) is 218 Å². The molecule has 590 valence electrons. The second kappa shape index (κ2) is 43.4. The number of nitrogens with zero attached hydrogens (tertiary/aromatic N) is 9. The molecule has 10 aromatic rings. The van der Waals surface area contributed by atoms with Crippen LogP contribution in [0.25, 0.3) is 33.9 Å². The fourth-order valence-corrected chi connectivity index (χ4v) is 11.6. The molecule has 0 unspecified atom stereocenters. The molecule has 0 aliphatic heterocycles. The topological polar surface area (TPSA) is 178 Å². The summed E-state index contributed by atoms with van der Waals surface area (Å²) in [7, 11) is 0. The van der Waals surface area contributed by atoms with Gasteiger partial charge in [-0.25, -0.2) is 24.9 Å². The number of hydrogen-bond donors (Lipinski definition) is 0. The molecule has 0 aliphatic carbocycles. The van der Waals surface area contributed by atoms with E-state index in [9.17, 15) is 39.5 Å². The standard InChI is InChI=1S/C18H17N3.C16H23N.C16H18.C12H15F3.2C11H10F3NO.C8H9N3/c1-13(2)16-19-17(14-9-5-3-6-10-14)21-18(20-16)15-11-7-4-8-12-15;1-10(2)14-7-13(9-17)8-15(11(3)4)16(14)12(5)6;1-12(2)15-9-13(3)10-16(11-15)14-7-5-4-6-8-14;1-7(2)11-8(3)5-10(6-9(11)4)12(13,14)15;1-7(2)8-3-4-10(9(5-8)6-15)16-11(12,13)14;1-7(2)8-3-4-9(6-15)10(5-8)16-11(12,13)14;1-6(2)7-4-10-8(3-9)11-5-7/h3-13H,1-2H3;7-8,10-12H,1-6H3;4-12H,1-3H3;5-7H,1-4H3;2*3-5,7H,1-2H3;4-6H,1-2H3. The van der Waals surface area contributed by atoms with Crippen molar-refractivity contribution in [1.29, 1.82) is 21.0 Å². The molecule has 0 N–H and O–H groups in total. The molecule has 112 heavy (non-hydrogen) atoms. The number of benzene rings is 8. The van der Waals surface area contributed by atoms with E-state index >= 15 is 0 Å². The molecule has 20 heteroatoms. The molecule has 0 bridgehead atoms. The zero-order chi connectivity index (χ0) is 84.1. The van der Waals surface area contributed by atoms with Gasteiger partial charge in [0.05, 0.1) is 28.3 Å². The first kappa shape index (κ1) is 93.2. The number of alkyl halides is 9. The minimum atomic E-state index is -4.78. The molecule has 8 aromatic carbocycles. The van der Waals surface area contributed by atoms with Crippen LogP contribution >= 0.6 is 0 Å². The van der Waals surface area contributed by atoms with Crippen LogP contribution in [0.5, 0.6) is 11.5 Å². The highest BCUT2D eigenvalue weighted by Crippen LogP contribution is 2.37. The van der Waals surface area contributed by atoms with Crippen molar-refractivity contribution < 1.29 is 49.0 Å². The molecule has 10 rings (SSSR count). The first-order valence-corrected chi connectivity index (χ1v) is 37.0. The Labute approximate surface area is 656 Å². The van der Waals surface area contributed by atoms with Gasteiger partial charge in [-0.05, 0) is 183 Å². The molecule has 2 aromatic heterocycles.